The Bertz CT molecular complexity index is 1150. The molecule has 0 aromatic heterocycles. The normalized spacial score (nSPS) is 18.3. The molecule has 2 aromatic rings. The first-order valence-electron chi connectivity index (χ1n) is 8.72. The standard InChI is InChI=1S/C19H19NO7S2/c1-13(21)14-5-7-17(8-6-14)27-19(22)15-3-2-4-18(11-15)29(25,26)20-16-9-10-28(23,24)12-16/h2-8,11,16,20H,9-10,12H2,1H3. The van der Waals surface area contributed by atoms with Crippen LogP contribution in [0.4, 0.5) is 0 Å². The maximum absolute atomic E-state index is 12.5. The predicted molar refractivity (Wildman–Crippen MR) is 105 cm³/mol. The number of rotatable bonds is 6. The third-order valence-corrected chi connectivity index (χ3v) is 7.69. The molecule has 1 atom stereocenters. The van der Waals surface area contributed by atoms with Crippen molar-refractivity contribution in [3.8, 4) is 5.75 Å². The minimum atomic E-state index is -4.00. The van der Waals surface area contributed by atoms with Crippen LogP contribution in [-0.2, 0) is 19.9 Å². The Hall–Kier alpha value is -2.56. The van der Waals surface area contributed by atoms with Crippen LogP contribution in [0, 0.1) is 0 Å². The van der Waals surface area contributed by atoms with Gasteiger partial charge in [-0.05, 0) is 55.8 Å². The number of hydrogen-bond donors (Lipinski definition) is 1. The van der Waals surface area contributed by atoms with Crippen LogP contribution in [0.1, 0.15) is 34.1 Å². The summed E-state index contributed by atoms with van der Waals surface area (Å²) in [6.07, 6.45) is 0.208. The van der Waals surface area contributed by atoms with Gasteiger partial charge >= 0.3 is 5.97 Å². The summed E-state index contributed by atoms with van der Waals surface area (Å²) in [5.41, 5.74) is 0.487. The van der Waals surface area contributed by atoms with Crippen LogP contribution in [0.5, 0.6) is 5.75 Å². The molecular weight excluding hydrogens is 418 g/mol. The second-order valence-corrected chi connectivity index (χ2v) is 10.7. The molecule has 1 N–H and O–H groups in total. The van der Waals surface area contributed by atoms with E-state index in [0.717, 1.165) is 6.07 Å². The number of carbonyl (C=O) groups is 2. The summed E-state index contributed by atoms with van der Waals surface area (Å²) in [5, 5.41) is 0. The van der Waals surface area contributed by atoms with Gasteiger partial charge in [-0.25, -0.2) is 26.4 Å². The van der Waals surface area contributed by atoms with Crippen LogP contribution in [-0.4, -0.2) is 46.1 Å². The summed E-state index contributed by atoms with van der Waals surface area (Å²) in [7, 11) is -7.23. The molecule has 0 saturated carbocycles. The first-order valence-corrected chi connectivity index (χ1v) is 12.0. The fourth-order valence-corrected chi connectivity index (χ4v) is 5.98. The predicted octanol–water partition coefficient (Wildman–Crippen LogP) is 1.57. The number of ether oxygens (including phenoxy) is 1. The topological polar surface area (TPSA) is 124 Å². The molecule has 0 amide bonds. The molecule has 0 bridgehead atoms. The van der Waals surface area contributed by atoms with Crippen molar-refractivity contribution in [1.29, 1.82) is 0 Å². The second-order valence-electron chi connectivity index (χ2n) is 6.72. The van der Waals surface area contributed by atoms with Crippen LogP contribution in [0.3, 0.4) is 0 Å². The molecule has 1 unspecified atom stereocenters. The fraction of sp³-hybridized carbons (Fsp3) is 0.263. The number of nitrogens with one attached hydrogen (secondary N) is 1. The third kappa shape index (κ3) is 5.28. The van der Waals surface area contributed by atoms with Crippen molar-refractivity contribution in [2.45, 2.75) is 24.3 Å². The number of hydrogen-bond acceptors (Lipinski definition) is 7. The van der Waals surface area contributed by atoms with Crippen molar-refractivity contribution >= 4 is 31.6 Å². The van der Waals surface area contributed by atoms with Crippen molar-refractivity contribution in [2.75, 3.05) is 11.5 Å². The zero-order valence-electron chi connectivity index (χ0n) is 15.5. The van der Waals surface area contributed by atoms with E-state index in [-0.39, 0.29) is 39.9 Å². The highest BCUT2D eigenvalue weighted by molar-refractivity contribution is 7.92. The molecule has 2 aromatic carbocycles. The van der Waals surface area contributed by atoms with E-state index in [2.05, 4.69) is 4.72 Å². The van der Waals surface area contributed by atoms with Gasteiger partial charge in [0.1, 0.15) is 5.75 Å². The maximum atomic E-state index is 12.5. The van der Waals surface area contributed by atoms with Gasteiger partial charge in [0, 0.05) is 11.6 Å². The van der Waals surface area contributed by atoms with Crippen molar-refractivity contribution in [3.63, 3.8) is 0 Å². The van der Waals surface area contributed by atoms with Crippen molar-refractivity contribution < 1.29 is 31.2 Å². The molecule has 29 heavy (non-hydrogen) atoms. The molecule has 0 aliphatic carbocycles. The Labute approximate surface area is 168 Å². The summed E-state index contributed by atoms with van der Waals surface area (Å²) < 4.78 is 55.7. The van der Waals surface area contributed by atoms with E-state index in [4.69, 9.17) is 4.74 Å². The number of ketones is 1. The minimum Gasteiger partial charge on any atom is -0.423 e. The van der Waals surface area contributed by atoms with Gasteiger partial charge in [0.2, 0.25) is 10.0 Å². The SMILES string of the molecule is CC(=O)c1ccc(OC(=O)c2cccc(S(=O)(=O)NC3CCS(=O)(=O)C3)c2)cc1. The molecule has 154 valence electrons. The van der Waals surface area contributed by atoms with Crippen LogP contribution in [0.2, 0.25) is 0 Å². The van der Waals surface area contributed by atoms with Crippen molar-refractivity contribution in [1.82, 2.24) is 4.72 Å². The van der Waals surface area contributed by atoms with Crippen LogP contribution in [0.15, 0.2) is 53.4 Å². The molecule has 1 aliphatic rings. The number of carbonyl (C=O) groups excluding carboxylic acids is 2. The zero-order valence-corrected chi connectivity index (χ0v) is 17.1. The molecule has 1 aliphatic heterocycles. The number of Topliss-reactive ketones (excluding diaryl/α,β-unsaturated/α-hetero) is 1. The Morgan fingerprint density at radius 1 is 1.07 bits per heavy atom. The highest BCUT2D eigenvalue weighted by Crippen LogP contribution is 2.19. The Morgan fingerprint density at radius 2 is 1.76 bits per heavy atom. The highest BCUT2D eigenvalue weighted by Gasteiger charge is 2.31. The van der Waals surface area contributed by atoms with E-state index >= 15 is 0 Å². The summed E-state index contributed by atoms with van der Waals surface area (Å²) >= 11 is 0. The van der Waals surface area contributed by atoms with Gasteiger partial charge < -0.3 is 4.74 Å². The summed E-state index contributed by atoms with van der Waals surface area (Å²) in [4.78, 5) is 23.5. The average Bonchev–Trinajstić information content (AvgIpc) is 3.00. The third-order valence-electron chi connectivity index (χ3n) is 4.41. The first-order chi connectivity index (χ1) is 13.6. The van der Waals surface area contributed by atoms with Crippen molar-refractivity contribution in [2.24, 2.45) is 0 Å². The summed E-state index contributed by atoms with van der Waals surface area (Å²) in [6.45, 7) is 1.42. The van der Waals surface area contributed by atoms with Crippen LogP contribution < -0.4 is 9.46 Å². The highest BCUT2D eigenvalue weighted by atomic mass is 32.2. The van der Waals surface area contributed by atoms with Gasteiger partial charge in [0.15, 0.2) is 15.6 Å². The van der Waals surface area contributed by atoms with E-state index in [1.807, 2.05) is 0 Å². The molecule has 0 radical (unpaired) electrons. The van der Waals surface area contributed by atoms with Gasteiger partial charge in [-0.3, -0.25) is 4.79 Å². The molecule has 3 rings (SSSR count). The molecule has 8 nitrogen and oxygen atoms in total. The van der Waals surface area contributed by atoms with Crippen LogP contribution >= 0.6 is 0 Å². The molecule has 10 heteroatoms. The van der Waals surface area contributed by atoms with Gasteiger partial charge in [-0.2, -0.15) is 0 Å². The smallest absolute Gasteiger partial charge is 0.343 e. The lowest BCUT2D eigenvalue weighted by Gasteiger charge is -2.12. The number of benzene rings is 2. The maximum Gasteiger partial charge on any atom is 0.343 e. The van der Waals surface area contributed by atoms with Crippen LogP contribution in [0.25, 0.3) is 0 Å². The number of sulfone groups is 1. The Morgan fingerprint density at radius 3 is 2.34 bits per heavy atom. The molecule has 1 fully saturated rings. The summed E-state index contributed by atoms with van der Waals surface area (Å²) in [6, 6.07) is 10.6. The van der Waals surface area contributed by atoms with Gasteiger partial charge in [-0.15, -0.1) is 0 Å². The van der Waals surface area contributed by atoms with Crippen molar-refractivity contribution in [3.05, 3.63) is 59.7 Å². The summed E-state index contributed by atoms with van der Waals surface area (Å²) in [5.74, 6) is -0.980. The zero-order chi connectivity index (χ0) is 21.2. The van der Waals surface area contributed by atoms with E-state index < -0.39 is 31.9 Å². The quantitative estimate of drug-likeness (QED) is 0.413. The number of esters is 1. The molecule has 0 spiro atoms. The lowest BCUT2D eigenvalue weighted by molar-refractivity contribution is 0.0734. The first kappa shape index (κ1) is 21.2. The van der Waals surface area contributed by atoms with E-state index in [9.17, 15) is 26.4 Å². The average molecular weight is 437 g/mol. The monoisotopic (exact) mass is 437 g/mol. The van der Waals surface area contributed by atoms with E-state index in [1.54, 1.807) is 0 Å². The molecular formula is C19H19NO7S2. The lowest BCUT2D eigenvalue weighted by atomic mass is 10.1. The number of sulfonamides is 1. The Kier molecular flexibility index (Phi) is 5.87. The van der Waals surface area contributed by atoms with Gasteiger partial charge in [-0.1, -0.05) is 6.07 Å². The largest absolute Gasteiger partial charge is 0.423 e. The molecule has 1 heterocycles. The van der Waals surface area contributed by atoms with Gasteiger partial charge in [0.25, 0.3) is 0 Å². The minimum absolute atomic E-state index is 0.0163. The van der Waals surface area contributed by atoms with Gasteiger partial charge in [0.05, 0.1) is 22.0 Å². The van der Waals surface area contributed by atoms with E-state index in [1.165, 1.54) is 49.4 Å². The van der Waals surface area contributed by atoms with E-state index in [0.29, 0.717) is 5.56 Å². The molecule has 1 saturated heterocycles. The Balaban J connectivity index is 1.74. The lowest BCUT2D eigenvalue weighted by Crippen LogP contribution is -2.35. The fourth-order valence-electron chi connectivity index (χ4n) is 2.89. The second kappa shape index (κ2) is 8.05.